The van der Waals surface area contributed by atoms with Gasteiger partial charge in [0.1, 0.15) is 23.4 Å². The van der Waals surface area contributed by atoms with E-state index in [0.717, 1.165) is 0 Å². The van der Waals surface area contributed by atoms with Crippen LogP contribution < -0.4 is 0 Å². The largest absolute Gasteiger partial charge is 0.370 e. The minimum absolute atomic E-state index is 0.00375. The molecule has 3 nitrogen and oxygen atoms in total. The van der Waals surface area contributed by atoms with Crippen molar-refractivity contribution in [2.45, 2.75) is 36.3 Å². The number of ether oxygens (including phenoxy) is 3. The molecule has 0 radical (unpaired) electrons. The summed E-state index contributed by atoms with van der Waals surface area (Å²) in [6.07, 6.45) is 5.23. The molecule has 4 rings (SSSR count). The normalized spacial score (nSPS) is 25.0. The fourth-order valence-electron chi connectivity index (χ4n) is 3.77. The molecule has 140 valence electrons. The highest BCUT2D eigenvalue weighted by molar-refractivity contribution is 5.27. The second kappa shape index (κ2) is 7.43. The lowest BCUT2D eigenvalue weighted by Crippen LogP contribution is -2.51. The van der Waals surface area contributed by atoms with E-state index in [-0.39, 0.29) is 12.2 Å². The molecule has 2 fully saturated rings. The van der Waals surface area contributed by atoms with E-state index in [0.29, 0.717) is 26.1 Å². The predicted octanol–water partition coefficient (Wildman–Crippen LogP) is 4.14. The van der Waals surface area contributed by atoms with E-state index in [4.69, 9.17) is 14.2 Å². The van der Waals surface area contributed by atoms with E-state index in [1.165, 1.54) is 11.1 Å². The maximum Gasteiger partial charge on any atom is 0.120 e. The van der Waals surface area contributed by atoms with Crippen LogP contribution in [-0.4, -0.2) is 36.6 Å². The van der Waals surface area contributed by atoms with Gasteiger partial charge in [0, 0.05) is 12.8 Å². The molecule has 2 aliphatic rings. The number of epoxide rings is 2. The quantitative estimate of drug-likeness (QED) is 0.471. The molecule has 0 amide bonds. The minimum Gasteiger partial charge on any atom is -0.370 e. The van der Waals surface area contributed by atoms with Gasteiger partial charge in [-0.3, -0.25) is 0 Å². The number of hydrogen-bond acceptors (Lipinski definition) is 3. The van der Waals surface area contributed by atoms with Gasteiger partial charge in [0.25, 0.3) is 0 Å². The van der Waals surface area contributed by atoms with Crippen molar-refractivity contribution >= 4 is 0 Å². The highest BCUT2D eigenvalue weighted by Crippen LogP contribution is 2.42. The van der Waals surface area contributed by atoms with Crippen LogP contribution in [0.1, 0.15) is 11.1 Å². The molecule has 27 heavy (non-hydrogen) atoms. The average Bonchev–Trinajstić information content (AvgIpc) is 3.60. The molecule has 2 heterocycles. The van der Waals surface area contributed by atoms with Crippen molar-refractivity contribution in [2.24, 2.45) is 0 Å². The molecular weight excluding hydrogens is 336 g/mol. The van der Waals surface area contributed by atoms with Gasteiger partial charge in [0.2, 0.25) is 0 Å². The van der Waals surface area contributed by atoms with Crippen molar-refractivity contribution in [3.05, 3.63) is 97.1 Å². The van der Waals surface area contributed by atoms with Crippen molar-refractivity contribution in [3.8, 4) is 0 Å². The maximum absolute atomic E-state index is 6.89. The summed E-state index contributed by atoms with van der Waals surface area (Å²) in [5, 5.41) is 0. The molecular formula is C24H26O3. The summed E-state index contributed by atoms with van der Waals surface area (Å²) in [4.78, 5) is 0. The SMILES string of the molecule is C=CC(Cc1ccccc1)(OC(C=C)(Cc1ccccc1)C1CO1)C1CO1. The molecule has 0 aliphatic carbocycles. The van der Waals surface area contributed by atoms with Gasteiger partial charge in [-0.2, -0.15) is 0 Å². The molecule has 2 aliphatic heterocycles. The lowest BCUT2D eigenvalue weighted by atomic mass is 9.86. The standard InChI is InChI=1S/C24H26O3/c1-3-23(21-17-25-21,15-19-11-7-5-8-12-19)27-24(4-2,22-18-26-22)16-20-13-9-6-10-14-20/h3-14,21-22H,1-2,15-18H2. The van der Waals surface area contributed by atoms with Crippen LogP contribution in [0.15, 0.2) is 86.0 Å². The zero-order valence-corrected chi connectivity index (χ0v) is 15.6. The van der Waals surface area contributed by atoms with Gasteiger partial charge in [-0.05, 0) is 11.1 Å². The van der Waals surface area contributed by atoms with Crippen LogP contribution >= 0.6 is 0 Å². The second-order valence-corrected chi connectivity index (χ2v) is 7.39. The summed E-state index contributed by atoms with van der Waals surface area (Å²) in [7, 11) is 0. The van der Waals surface area contributed by atoms with Gasteiger partial charge >= 0.3 is 0 Å². The lowest BCUT2D eigenvalue weighted by molar-refractivity contribution is -0.128. The Balaban J connectivity index is 1.66. The van der Waals surface area contributed by atoms with Gasteiger partial charge in [0.15, 0.2) is 0 Å². The first-order valence-corrected chi connectivity index (χ1v) is 9.48. The molecule has 0 bridgehead atoms. The van der Waals surface area contributed by atoms with Gasteiger partial charge in [-0.15, -0.1) is 13.2 Å². The Morgan fingerprint density at radius 1 is 0.778 bits per heavy atom. The molecule has 4 atom stereocenters. The smallest absolute Gasteiger partial charge is 0.120 e. The van der Waals surface area contributed by atoms with Gasteiger partial charge < -0.3 is 14.2 Å². The van der Waals surface area contributed by atoms with E-state index >= 15 is 0 Å². The molecule has 0 saturated carbocycles. The molecule has 2 saturated heterocycles. The molecule has 2 aromatic rings. The molecule has 0 aromatic heterocycles. The first kappa shape index (κ1) is 18.2. The van der Waals surface area contributed by atoms with Gasteiger partial charge in [-0.1, -0.05) is 72.8 Å². The predicted molar refractivity (Wildman–Crippen MR) is 107 cm³/mol. The summed E-state index contributed by atoms with van der Waals surface area (Å²) in [6.45, 7) is 9.60. The summed E-state index contributed by atoms with van der Waals surface area (Å²) in [5.41, 5.74) is 1.16. The Labute approximate surface area is 161 Å². The highest BCUT2D eigenvalue weighted by Gasteiger charge is 2.55. The zero-order valence-electron chi connectivity index (χ0n) is 15.6. The van der Waals surface area contributed by atoms with E-state index in [9.17, 15) is 0 Å². The Morgan fingerprint density at radius 2 is 1.15 bits per heavy atom. The van der Waals surface area contributed by atoms with Crippen molar-refractivity contribution in [1.29, 1.82) is 0 Å². The van der Waals surface area contributed by atoms with Crippen LogP contribution in [0.25, 0.3) is 0 Å². The summed E-state index contributed by atoms with van der Waals surface area (Å²) in [6, 6.07) is 20.7. The van der Waals surface area contributed by atoms with Gasteiger partial charge in [0.05, 0.1) is 13.2 Å². The Bertz CT molecular complexity index is 712. The van der Waals surface area contributed by atoms with Crippen LogP contribution in [0.4, 0.5) is 0 Å². The highest BCUT2D eigenvalue weighted by atomic mass is 16.6. The van der Waals surface area contributed by atoms with E-state index < -0.39 is 11.2 Å². The number of hydrogen-bond donors (Lipinski definition) is 0. The minimum atomic E-state index is -0.615. The van der Waals surface area contributed by atoms with Crippen LogP contribution in [0.2, 0.25) is 0 Å². The van der Waals surface area contributed by atoms with Crippen molar-refractivity contribution in [3.63, 3.8) is 0 Å². The van der Waals surface area contributed by atoms with Crippen LogP contribution in [0, 0.1) is 0 Å². The Hall–Kier alpha value is -2.20. The monoisotopic (exact) mass is 362 g/mol. The Morgan fingerprint density at radius 3 is 1.44 bits per heavy atom. The molecule has 2 aromatic carbocycles. The molecule has 3 heteroatoms. The van der Waals surface area contributed by atoms with Crippen molar-refractivity contribution in [1.82, 2.24) is 0 Å². The fourth-order valence-corrected chi connectivity index (χ4v) is 3.77. The third-order valence-corrected chi connectivity index (χ3v) is 5.47. The van der Waals surface area contributed by atoms with Gasteiger partial charge in [-0.25, -0.2) is 0 Å². The third kappa shape index (κ3) is 3.91. The summed E-state index contributed by atoms with van der Waals surface area (Å²) < 4.78 is 18.3. The van der Waals surface area contributed by atoms with Crippen LogP contribution in [0.5, 0.6) is 0 Å². The second-order valence-electron chi connectivity index (χ2n) is 7.39. The molecule has 4 unspecified atom stereocenters. The van der Waals surface area contributed by atoms with E-state index in [1.54, 1.807) is 0 Å². The van der Waals surface area contributed by atoms with E-state index in [2.05, 4.69) is 37.4 Å². The van der Waals surface area contributed by atoms with Crippen molar-refractivity contribution in [2.75, 3.05) is 13.2 Å². The van der Waals surface area contributed by atoms with Crippen LogP contribution in [-0.2, 0) is 27.1 Å². The zero-order chi connectivity index (χ0) is 18.7. The summed E-state index contributed by atoms with van der Waals surface area (Å²) >= 11 is 0. The fraction of sp³-hybridized carbons (Fsp3) is 0.333. The number of rotatable bonds is 10. The topological polar surface area (TPSA) is 34.3 Å². The lowest BCUT2D eigenvalue weighted by Gasteiger charge is -2.40. The third-order valence-electron chi connectivity index (χ3n) is 5.47. The maximum atomic E-state index is 6.89. The Kier molecular flexibility index (Phi) is 5.00. The molecule has 0 spiro atoms. The number of benzene rings is 2. The summed E-state index contributed by atoms with van der Waals surface area (Å²) in [5.74, 6) is 0. The first-order chi connectivity index (χ1) is 13.2. The van der Waals surface area contributed by atoms with E-state index in [1.807, 2.05) is 48.6 Å². The van der Waals surface area contributed by atoms with Crippen molar-refractivity contribution < 1.29 is 14.2 Å². The average molecular weight is 362 g/mol. The first-order valence-electron chi connectivity index (χ1n) is 9.48. The molecule has 0 N–H and O–H groups in total. The van der Waals surface area contributed by atoms with Crippen LogP contribution in [0.3, 0.4) is 0 Å².